The molecule has 0 aliphatic heterocycles. The zero-order chi connectivity index (χ0) is 13.8. The van der Waals surface area contributed by atoms with Gasteiger partial charge in [0.25, 0.3) is 5.56 Å². The fraction of sp³-hybridized carbons (Fsp3) is 0.154. The van der Waals surface area contributed by atoms with Crippen LogP contribution in [0.1, 0.15) is 11.4 Å². The van der Waals surface area contributed by atoms with Gasteiger partial charge >= 0.3 is 0 Å². The molecule has 2 rings (SSSR count). The topological polar surface area (TPSA) is 74.0 Å². The van der Waals surface area contributed by atoms with Gasteiger partial charge in [0, 0.05) is 16.5 Å². The fourth-order valence-electron chi connectivity index (χ4n) is 1.57. The van der Waals surface area contributed by atoms with Gasteiger partial charge in [0.2, 0.25) is 0 Å². The van der Waals surface area contributed by atoms with Crippen LogP contribution in [-0.4, -0.2) is 15.4 Å². The predicted octanol–water partition coefficient (Wildman–Crippen LogP) is 3.23. The summed E-state index contributed by atoms with van der Waals surface area (Å²) in [6.07, 6.45) is 0.318. The van der Waals surface area contributed by atoms with Crippen molar-refractivity contribution in [3.8, 4) is 6.07 Å². The van der Waals surface area contributed by atoms with Crippen molar-refractivity contribution in [2.45, 2.75) is 6.42 Å². The van der Waals surface area contributed by atoms with Crippen LogP contribution in [0.25, 0.3) is 15.7 Å². The minimum absolute atomic E-state index is 0.0576. The SMILES string of the molecule is N#C/C(=C(/O)CCBr)c1nc(=O)c2ccccc2s1. The molecule has 0 aliphatic rings. The molecule has 4 nitrogen and oxygen atoms in total. The number of nitrogens with zero attached hydrogens (tertiary/aromatic N) is 2. The maximum atomic E-state index is 11.9. The van der Waals surface area contributed by atoms with E-state index in [1.807, 2.05) is 12.1 Å². The second-order valence-corrected chi connectivity index (χ2v) is 5.52. The molecule has 0 atom stereocenters. The summed E-state index contributed by atoms with van der Waals surface area (Å²) >= 11 is 4.41. The first kappa shape index (κ1) is 13.7. The van der Waals surface area contributed by atoms with Crippen LogP contribution < -0.4 is 5.56 Å². The number of rotatable bonds is 3. The van der Waals surface area contributed by atoms with E-state index in [0.717, 1.165) is 4.70 Å². The van der Waals surface area contributed by atoms with E-state index in [1.165, 1.54) is 11.3 Å². The van der Waals surface area contributed by atoms with E-state index in [9.17, 15) is 9.90 Å². The molecule has 0 unspecified atom stereocenters. The van der Waals surface area contributed by atoms with Crippen LogP contribution >= 0.6 is 27.3 Å². The Morgan fingerprint density at radius 1 is 1.47 bits per heavy atom. The highest BCUT2D eigenvalue weighted by molar-refractivity contribution is 9.09. The lowest BCUT2D eigenvalue weighted by Crippen LogP contribution is -2.07. The van der Waals surface area contributed by atoms with Crippen molar-refractivity contribution in [1.29, 1.82) is 5.26 Å². The molecule has 1 aromatic heterocycles. The number of aliphatic hydroxyl groups is 1. The molecule has 1 heterocycles. The number of allylic oxidation sites excluding steroid dienone is 2. The van der Waals surface area contributed by atoms with Crippen molar-refractivity contribution in [3.05, 3.63) is 45.4 Å². The van der Waals surface area contributed by atoms with Gasteiger partial charge in [-0.15, -0.1) is 11.3 Å². The Bertz CT molecular complexity index is 746. The van der Waals surface area contributed by atoms with Gasteiger partial charge in [-0.05, 0) is 12.1 Å². The monoisotopic (exact) mass is 336 g/mol. The molecule has 0 radical (unpaired) electrons. The quantitative estimate of drug-likeness (QED) is 0.530. The van der Waals surface area contributed by atoms with Crippen LogP contribution in [0.3, 0.4) is 0 Å². The Morgan fingerprint density at radius 3 is 2.89 bits per heavy atom. The lowest BCUT2D eigenvalue weighted by atomic mass is 10.2. The highest BCUT2D eigenvalue weighted by atomic mass is 79.9. The minimum Gasteiger partial charge on any atom is -0.511 e. The number of nitriles is 1. The molecular weight excluding hydrogens is 328 g/mol. The molecule has 0 fully saturated rings. The van der Waals surface area contributed by atoms with Crippen LogP contribution in [0.15, 0.2) is 34.8 Å². The molecule has 1 N–H and O–H groups in total. The number of hydrogen-bond donors (Lipinski definition) is 1. The number of aromatic nitrogens is 1. The smallest absolute Gasteiger partial charge is 0.279 e. The molecule has 0 aliphatic carbocycles. The standard InChI is InChI=1S/C13H9BrN2O2S/c14-6-5-10(17)9(7-15)13-16-12(18)8-3-1-2-4-11(8)19-13/h1-4,17H,5-6H2/b10-9-. The number of fused-ring (bicyclic) bond motifs is 1. The van der Waals surface area contributed by atoms with Crippen molar-refractivity contribution < 1.29 is 5.11 Å². The summed E-state index contributed by atoms with van der Waals surface area (Å²) in [6.45, 7) is 0. The number of halogens is 1. The second kappa shape index (κ2) is 5.95. The zero-order valence-electron chi connectivity index (χ0n) is 9.76. The van der Waals surface area contributed by atoms with Gasteiger partial charge < -0.3 is 5.11 Å². The zero-order valence-corrected chi connectivity index (χ0v) is 12.2. The molecule has 0 amide bonds. The third kappa shape index (κ3) is 2.83. The van der Waals surface area contributed by atoms with Crippen molar-refractivity contribution >= 4 is 42.9 Å². The molecule has 2 aromatic rings. The third-order valence-electron chi connectivity index (χ3n) is 2.47. The third-order valence-corrected chi connectivity index (χ3v) is 3.93. The van der Waals surface area contributed by atoms with Crippen molar-refractivity contribution in [3.63, 3.8) is 0 Å². The molecule has 19 heavy (non-hydrogen) atoms. The van der Waals surface area contributed by atoms with Gasteiger partial charge in [-0.1, -0.05) is 28.1 Å². The van der Waals surface area contributed by atoms with Crippen molar-refractivity contribution in [1.82, 2.24) is 4.98 Å². The summed E-state index contributed by atoms with van der Waals surface area (Å²) in [5.74, 6) is -0.0576. The Morgan fingerprint density at radius 2 is 2.21 bits per heavy atom. The minimum atomic E-state index is -0.385. The number of hydrogen-bond acceptors (Lipinski definition) is 5. The van der Waals surface area contributed by atoms with Crippen LogP contribution in [0.5, 0.6) is 0 Å². The molecule has 96 valence electrons. The summed E-state index contributed by atoms with van der Waals surface area (Å²) in [6, 6.07) is 8.98. The first-order valence-electron chi connectivity index (χ1n) is 5.45. The van der Waals surface area contributed by atoms with Crippen LogP contribution in [0, 0.1) is 11.3 Å². The summed E-state index contributed by atoms with van der Waals surface area (Å²) in [4.78, 5) is 15.8. The highest BCUT2D eigenvalue weighted by Gasteiger charge is 2.13. The van der Waals surface area contributed by atoms with Crippen molar-refractivity contribution in [2.24, 2.45) is 0 Å². The van der Waals surface area contributed by atoms with Gasteiger partial charge in [0.05, 0.1) is 5.39 Å². The van der Waals surface area contributed by atoms with Crippen LogP contribution in [0.2, 0.25) is 0 Å². The molecule has 1 aromatic carbocycles. The maximum absolute atomic E-state index is 11.9. The summed E-state index contributed by atoms with van der Waals surface area (Å²) in [5, 5.41) is 20.2. The first-order chi connectivity index (χ1) is 9.17. The molecular formula is C13H9BrN2O2S. The molecule has 6 heteroatoms. The van der Waals surface area contributed by atoms with E-state index in [4.69, 9.17) is 5.26 Å². The van der Waals surface area contributed by atoms with E-state index in [2.05, 4.69) is 20.9 Å². The predicted molar refractivity (Wildman–Crippen MR) is 79.5 cm³/mol. The summed E-state index contributed by atoms with van der Waals surface area (Å²) in [7, 11) is 0. The Labute approximate surface area is 121 Å². The average Bonchev–Trinajstić information content (AvgIpc) is 2.40. The lowest BCUT2D eigenvalue weighted by Gasteiger charge is -2.02. The van der Waals surface area contributed by atoms with E-state index >= 15 is 0 Å². The van der Waals surface area contributed by atoms with Gasteiger partial charge in [-0.2, -0.15) is 10.2 Å². The highest BCUT2D eigenvalue weighted by Crippen LogP contribution is 2.24. The fourth-order valence-corrected chi connectivity index (χ4v) is 2.96. The van der Waals surface area contributed by atoms with E-state index in [0.29, 0.717) is 17.1 Å². The number of aliphatic hydroxyl groups excluding tert-OH is 1. The Hall–Kier alpha value is -1.71. The molecule has 0 bridgehead atoms. The Kier molecular flexibility index (Phi) is 4.30. The largest absolute Gasteiger partial charge is 0.511 e. The first-order valence-corrected chi connectivity index (χ1v) is 7.39. The maximum Gasteiger partial charge on any atom is 0.279 e. The van der Waals surface area contributed by atoms with E-state index < -0.39 is 0 Å². The van der Waals surface area contributed by atoms with Gasteiger partial charge in [0.15, 0.2) is 0 Å². The number of benzene rings is 1. The average molecular weight is 337 g/mol. The summed E-state index contributed by atoms with van der Waals surface area (Å²) in [5.41, 5.74) is -0.323. The van der Waals surface area contributed by atoms with Crippen LogP contribution in [-0.2, 0) is 0 Å². The number of alkyl halides is 1. The van der Waals surface area contributed by atoms with Gasteiger partial charge in [-0.25, -0.2) is 0 Å². The van der Waals surface area contributed by atoms with Crippen LogP contribution in [0.4, 0.5) is 0 Å². The Balaban J connectivity index is 2.67. The normalized spacial score (nSPS) is 12.0. The molecule has 0 spiro atoms. The second-order valence-electron chi connectivity index (χ2n) is 3.69. The molecule has 0 saturated carbocycles. The van der Waals surface area contributed by atoms with E-state index in [-0.39, 0.29) is 21.9 Å². The summed E-state index contributed by atoms with van der Waals surface area (Å²) < 4.78 is 0.747. The van der Waals surface area contributed by atoms with Gasteiger partial charge in [-0.3, -0.25) is 4.79 Å². The molecule has 0 saturated heterocycles. The van der Waals surface area contributed by atoms with Crippen molar-refractivity contribution in [2.75, 3.05) is 5.33 Å². The van der Waals surface area contributed by atoms with E-state index in [1.54, 1.807) is 18.2 Å². The van der Waals surface area contributed by atoms with Gasteiger partial charge in [0.1, 0.15) is 22.4 Å². The lowest BCUT2D eigenvalue weighted by molar-refractivity contribution is 0.400.